The summed E-state index contributed by atoms with van der Waals surface area (Å²) in [6, 6.07) is 30.1. The van der Waals surface area contributed by atoms with E-state index in [0.717, 1.165) is 48.6 Å². The molecule has 0 atom stereocenters. The van der Waals surface area contributed by atoms with Gasteiger partial charge >= 0.3 is 0 Å². The first kappa shape index (κ1) is 36.6. The fourth-order valence-electron chi connectivity index (χ4n) is 5.95. The van der Waals surface area contributed by atoms with Crippen molar-refractivity contribution in [2.24, 2.45) is 0 Å². The summed E-state index contributed by atoms with van der Waals surface area (Å²) in [6.45, 7) is 11.2. The molecule has 0 N–H and O–H groups in total. The Balaban J connectivity index is 0.923. The van der Waals surface area contributed by atoms with Gasteiger partial charge in [-0.1, -0.05) is 67.9 Å². The second-order valence-electron chi connectivity index (χ2n) is 13.3. The smallest absolute Gasteiger partial charge is 0.246 e. The van der Waals surface area contributed by atoms with Crippen molar-refractivity contribution in [1.82, 2.24) is 19.8 Å². The maximum atomic E-state index is 13.1. The van der Waals surface area contributed by atoms with Crippen LogP contribution in [-0.2, 0) is 24.4 Å². The number of pyridine rings is 2. The number of halogens is 1. The molecule has 3 aromatic carbocycles. The Labute approximate surface area is 311 Å². The van der Waals surface area contributed by atoms with E-state index in [0.29, 0.717) is 54.6 Å². The standard InChI is InChI=1S/C43H45ClN4O4/c1-31(2)36-12-14-38(15-13-36)50-25-19-33-7-9-34(10-8-33)29-47-21-23-48(24-22-47)42(49)18-11-35-26-32(3)43(40(44)27-35)52-41-17-16-39(28-46-41)51-30-37-6-4-5-20-45-37/h4-18,20,26-28,31H,19,21-25,29-30H2,1-3H3. The van der Waals surface area contributed by atoms with Gasteiger partial charge in [0.25, 0.3) is 0 Å². The summed E-state index contributed by atoms with van der Waals surface area (Å²) in [5.41, 5.74) is 6.34. The number of nitrogens with zero attached hydrogens (tertiary/aromatic N) is 4. The Morgan fingerprint density at radius 1 is 0.865 bits per heavy atom. The fraction of sp³-hybridized carbons (Fsp3) is 0.279. The van der Waals surface area contributed by atoms with Gasteiger partial charge in [-0.15, -0.1) is 0 Å². The van der Waals surface area contributed by atoms with Gasteiger partial charge in [0, 0.05) is 57.5 Å². The average Bonchev–Trinajstić information content (AvgIpc) is 3.16. The Morgan fingerprint density at radius 2 is 1.62 bits per heavy atom. The maximum absolute atomic E-state index is 13.1. The minimum absolute atomic E-state index is 0.00857. The van der Waals surface area contributed by atoms with Crippen molar-refractivity contribution in [2.75, 3.05) is 32.8 Å². The molecule has 1 amide bonds. The highest BCUT2D eigenvalue weighted by molar-refractivity contribution is 6.32. The van der Waals surface area contributed by atoms with Gasteiger partial charge in [-0.2, -0.15) is 0 Å². The summed E-state index contributed by atoms with van der Waals surface area (Å²) in [7, 11) is 0. The van der Waals surface area contributed by atoms with Gasteiger partial charge < -0.3 is 19.1 Å². The number of piperazine rings is 1. The van der Waals surface area contributed by atoms with E-state index >= 15 is 0 Å². The molecule has 0 aliphatic carbocycles. The molecule has 1 aliphatic heterocycles. The number of ether oxygens (including phenoxy) is 3. The summed E-state index contributed by atoms with van der Waals surface area (Å²) in [5, 5.41) is 0.437. The molecule has 52 heavy (non-hydrogen) atoms. The summed E-state index contributed by atoms with van der Waals surface area (Å²) < 4.78 is 17.7. The Kier molecular flexibility index (Phi) is 12.6. The third-order valence-corrected chi connectivity index (χ3v) is 9.30. The van der Waals surface area contributed by atoms with Gasteiger partial charge in [0.2, 0.25) is 11.8 Å². The van der Waals surface area contributed by atoms with E-state index in [2.05, 4.69) is 77.2 Å². The molecule has 0 unspecified atom stereocenters. The molecule has 0 saturated carbocycles. The van der Waals surface area contributed by atoms with E-state index in [-0.39, 0.29) is 5.91 Å². The third kappa shape index (κ3) is 10.4. The number of aryl methyl sites for hydroxylation is 1. The third-order valence-electron chi connectivity index (χ3n) is 9.02. The lowest BCUT2D eigenvalue weighted by Crippen LogP contribution is -2.47. The van der Waals surface area contributed by atoms with Crippen molar-refractivity contribution in [2.45, 2.75) is 46.3 Å². The van der Waals surface area contributed by atoms with Crippen LogP contribution in [0.15, 0.2) is 109 Å². The molecule has 0 radical (unpaired) electrons. The van der Waals surface area contributed by atoms with Crippen LogP contribution >= 0.6 is 11.6 Å². The first-order valence-corrected chi connectivity index (χ1v) is 18.1. The van der Waals surface area contributed by atoms with E-state index in [1.807, 2.05) is 36.1 Å². The quantitative estimate of drug-likeness (QED) is 0.106. The number of carbonyl (C=O) groups is 1. The molecular formula is C43H45ClN4O4. The van der Waals surface area contributed by atoms with Crippen LogP contribution in [0, 0.1) is 6.92 Å². The Morgan fingerprint density at radius 3 is 2.29 bits per heavy atom. The van der Waals surface area contributed by atoms with Gasteiger partial charge in [0.1, 0.15) is 18.1 Å². The summed E-state index contributed by atoms with van der Waals surface area (Å²) in [6.07, 6.45) is 7.62. The van der Waals surface area contributed by atoms with Crippen LogP contribution in [0.4, 0.5) is 0 Å². The zero-order valence-corrected chi connectivity index (χ0v) is 30.8. The first-order valence-electron chi connectivity index (χ1n) is 17.8. The minimum atomic E-state index is -0.00857. The van der Waals surface area contributed by atoms with Gasteiger partial charge in [-0.3, -0.25) is 14.7 Å². The predicted molar refractivity (Wildman–Crippen MR) is 206 cm³/mol. The highest BCUT2D eigenvalue weighted by Crippen LogP contribution is 2.34. The van der Waals surface area contributed by atoms with Crippen LogP contribution in [0.3, 0.4) is 0 Å². The van der Waals surface area contributed by atoms with E-state index in [9.17, 15) is 4.79 Å². The molecule has 9 heteroatoms. The lowest BCUT2D eigenvalue weighted by atomic mass is 10.0. The molecule has 6 rings (SSSR count). The number of hydrogen-bond acceptors (Lipinski definition) is 7. The highest BCUT2D eigenvalue weighted by Gasteiger charge is 2.20. The Hall–Kier alpha value is -5.18. The van der Waals surface area contributed by atoms with E-state index in [4.69, 9.17) is 25.8 Å². The van der Waals surface area contributed by atoms with Gasteiger partial charge in [0.05, 0.1) is 23.5 Å². The number of carbonyl (C=O) groups excluding carboxylic acids is 1. The van der Waals surface area contributed by atoms with Crippen molar-refractivity contribution in [3.05, 3.63) is 148 Å². The summed E-state index contributed by atoms with van der Waals surface area (Å²) >= 11 is 6.62. The molecule has 2 aromatic heterocycles. The second-order valence-corrected chi connectivity index (χ2v) is 13.7. The monoisotopic (exact) mass is 716 g/mol. The predicted octanol–water partition coefficient (Wildman–Crippen LogP) is 8.91. The molecule has 0 bridgehead atoms. The van der Waals surface area contributed by atoms with E-state index < -0.39 is 0 Å². The lowest BCUT2D eigenvalue weighted by molar-refractivity contribution is -0.127. The maximum Gasteiger partial charge on any atom is 0.246 e. The topological polar surface area (TPSA) is 77.0 Å². The van der Waals surface area contributed by atoms with Crippen LogP contribution in [0.1, 0.15) is 53.3 Å². The van der Waals surface area contributed by atoms with Gasteiger partial charge in [-0.05, 0) is 89.2 Å². The molecule has 1 aliphatic rings. The van der Waals surface area contributed by atoms with Crippen LogP contribution in [-0.4, -0.2) is 58.5 Å². The lowest BCUT2D eigenvalue weighted by Gasteiger charge is -2.34. The number of amides is 1. The molecule has 1 saturated heterocycles. The summed E-state index contributed by atoms with van der Waals surface area (Å²) in [5.74, 6) is 2.95. The number of hydrogen-bond donors (Lipinski definition) is 0. The summed E-state index contributed by atoms with van der Waals surface area (Å²) in [4.78, 5) is 26.0. The minimum Gasteiger partial charge on any atom is -0.493 e. The average molecular weight is 717 g/mol. The molecule has 268 valence electrons. The van der Waals surface area contributed by atoms with Crippen LogP contribution in [0.2, 0.25) is 5.02 Å². The largest absolute Gasteiger partial charge is 0.493 e. The molecule has 8 nitrogen and oxygen atoms in total. The Bertz CT molecular complexity index is 1900. The van der Waals surface area contributed by atoms with Gasteiger partial charge in [-0.25, -0.2) is 4.98 Å². The zero-order valence-electron chi connectivity index (χ0n) is 30.0. The first-order chi connectivity index (χ1) is 25.3. The highest BCUT2D eigenvalue weighted by atomic mass is 35.5. The van der Waals surface area contributed by atoms with Crippen molar-refractivity contribution in [3.63, 3.8) is 0 Å². The van der Waals surface area contributed by atoms with Crippen LogP contribution in [0.5, 0.6) is 23.1 Å². The molecule has 1 fully saturated rings. The zero-order chi connectivity index (χ0) is 36.3. The SMILES string of the molecule is Cc1cc(C=CC(=O)N2CCN(Cc3ccc(CCOc4ccc(C(C)C)cc4)cc3)CC2)cc(Cl)c1Oc1ccc(OCc2ccccn2)cn1. The molecule has 0 spiro atoms. The van der Waals surface area contributed by atoms with Crippen molar-refractivity contribution >= 4 is 23.6 Å². The normalized spacial score (nSPS) is 13.4. The molecule has 3 heterocycles. The number of rotatable bonds is 14. The number of benzene rings is 3. The molecular weight excluding hydrogens is 672 g/mol. The van der Waals surface area contributed by atoms with Crippen molar-refractivity contribution in [1.29, 1.82) is 0 Å². The number of aromatic nitrogens is 2. The van der Waals surface area contributed by atoms with Crippen LogP contribution < -0.4 is 14.2 Å². The molecule has 5 aromatic rings. The van der Waals surface area contributed by atoms with E-state index in [1.165, 1.54) is 16.7 Å². The van der Waals surface area contributed by atoms with Gasteiger partial charge in [0.15, 0.2) is 5.75 Å². The fourth-order valence-corrected chi connectivity index (χ4v) is 6.26. The van der Waals surface area contributed by atoms with Crippen LogP contribution in [0.25, 0.3) is 6.08 Å². The van der Waals surface area contributed by atoms with Crippen molar-refractivity contribution in [3.8, 4) is 23.1 Å². The van der Waals surface area contributed by atoms with E-state index in [1.54, 1.807) is 42.7 Å². The second kappa shape index (κ2) is 17.8. The van der Waals surface area contributed by atoms with Crippen molar-refractivity contribution < 1.29 is 19.0 Å².